The van der Waals surface area contributed by atoms with Crippen molar-refractivity contribution in [3.63, 3.8) is 0 Å². The van der Waals surface area contributed by atoms with E-state index < -0.39 is 0 Å². The van der Waals surface area contributed by atoms with Crippen LogP contribution in [-0.2, 0) is 13.1 Å². The van der Waals surface area contributed by atoms with Gasteiger partial charge in [0.15, 0.2) is 0 Å². The molecule has 0 aliphatic carbocycles. The standard InChI is InChI=1S/C17H24N4O2/c1-4-21-12(2)18-19-17(21)11-20-10-14(22)9-16(20)13-6-5-7-15(8-13)23-3/h5-8,14,16,22H,4,9-11H2,1-3H3. The number of aliphatic hydroxyl groups is 1. The third-order valence-corrected chi connectivity index (χ3v) is 4.53. The summed E-state index contributed by atoms with van der Waals surface area (Å²) in [5.74, 6) is 2.73. The maximum atomic E-state index is 10.2. The van der Waals surface area contributed by atoms with Crippen molar-refractivity contribution in [2.75, 3.05) is 13.7 Å². The molecule has 0 bridgehead atoms. The largest absolute Gasteiger partial charge is 0.497 e. The van der Waals surface area contributed by atoms with Crippen molar-refractivity contribution in [1.29, 1.82) is 0 Å². The van der Waals surface area contributed by atoms with Crippen LogP contribution >= 0.6 is 0 Å². The van der Waals surface area contributed by atoms with E-state index in [1.807, 2.05) is 25.1 Å². The Hall–Kier alpha value is -1.92. The van der Waals surface area contributed by atoms with E-state index in [1.165, 1.54) is 5.56 Å². The number of rotatable bonds is 5. The number of aromatic nitrogens is 3. The van der Waals surface area contributed by atoms with E-state index in [-0.39, 0.29) is 12.1 Å². The highest BCUT2D eigenvalue weighted by Gasteiger charge is 2.33. The van der Waals surface area contributed by atoms with Gasteiger partial charge in [-0.2, -0.15) is 0 Å². The van der Waals surface area contributed by atoms with Crippen LogP contribution in [0.25, 0.3) is 0 Å². The molecule has 2 aromatic rings. The van der Waals surface area contributed by atoms with Crippen molar-refractivity contribution >= 4 is 0 Å². The molecular formula is C17H24N4O2. The molecule has 2 heterocycles. The minimum absolute atomic E-state index is 0.169. The number of aryl methyl sites for hydroxylation is 1. The average Bonchev–Trinajstić information content (AvgIpc) is 3.10. The van der Waals surface area contributed by atoms with Gasteiger partial charge in [-0.25, -0.2) is 0 Å². The Labute approximate surface area is 136 Å². The van der Waals surface area contributed by atoms with Crippen LogP contribution in [-0.4, -0.2) is 44.5 Å². The Morgan fingerprint density at radius 1 is 1.35 bits per heavy atom. The Kier molecular flexibility index (Phi) is 4.63. The van der Waals surface area contributed by atoms with E-state index in [2.05, 4.69) is 32.7 Å². The number of hydrogen-bond acceptors (Lipinski definition) is 5. The van der Waals surface area contributed by atoms with Gasteiger partial charge in [-0.3, -0.25) is 4.90 Å². The molecule has 1 N–H and O–H groups in total. The quantitative estimate of drug-likeness (QED) is 0.913. The summed E-state index contributed by atoms with van der Waals surface area (Å²) in [6.07, 6.45) is 0.414. The lowest BCUT2D eigenvalue weighted by Gasteiger charge is -2.24. The maximum absolute atomic E-state index is 10.2. The van der Waals surface area contributed by atoms with Crippen LogP contribution < -0.4 is 4.74 Å². The highest BCUT2D eigenvalue weighted by molar-refractivity contribution is 5.31. The van der Waals surface area contributed by atoms with E-state index in [0.717, 1.165) is 30.4 Å². The minimum atomic E-state index is -0.315. The third-order valence-electron chi connectivity index (χ3n) is 4.53. The van der Waals surface area contributed by atoms with Crippen molar-refractivity contribution in [3.8, 4) is 5.75 Å². The fourth-order valence-corrected chi connectivity index (χ4v) is 3.38. The predicted molar refractivity (Wildman–Crippen MR) is 87.2 cm³/mol. The smallest absolute Gasteiger partial charge is 0.147 e. The molecule has 0 saturated carbocycles. The zero-order valence-electron chi connectivity index (χ0n) is 13.9. The van der Waals surface area contributed by atoms with Crippen molar-refractivity contribution < 1.29 is 9.84 Å². The Bertz CT molecular complexity index is 670. The second-order valence-electron chi connectivity index (χ2n) is 6.02. The molecule has 1 saturated heterocycles. The Morgan fingerprint density at radius 3 is 2.91 bits per heavy atom. The summed E-state index contributed by atoms with van der Waals surface area (Å²) in [5.41, 5.74) is 1.17. The molecule has 0 amide bonds. The Morgan fingerprint density at radius 2 is 2.17 bits per heavy atom. The van der Waals surface area contributed by atoms with Crippen LogP contribution in [0.5, 0.6) is 5.75 Å². The first-order chi connectivity index (χ1) is 11.1. The monoisotopic (exact) mass is 316 g/mol. The number of aliphatic hydroxyl groups excluding tert-OH is 1. The normalized spacial score (nSPS) is 21.7. The number of ether oxygens (including phenoxy) is 1. The van der Waals surface area contributed by atoms with Gasteiger partial charge in [0.25, 0.3) is 0 Å². The van der Waals surface area contributed by atoms with Gasteiger partial charge in [0, 0.05) is 19.1 Å². The zero-order valence-corrected chi connectivity index (χ0v) is 13.9. The van der Waals surface area contributed by atoms with Gasteiger partial charge in [-0.1, -0.05) is 12.1 Å². The van der Waals surface area contributed by atoms with Gasteiger partial charge in [0.2, 0.25) is 0 Å². The fourth-order valence-electron chi connectivity index (χ4n) is 3.38. The summed E-state index contributed by atoms with van der Waals surface area (Å²) >= 11 is 0. The van der Waals surface area contributed by atoms with Gasteiger partial charge >= 0.3 is 0 Å². The second kappa shape index (κ2) is 6.68. The van der Waals surface area contributed by atoms with Gasteiger partial charge in [-0.15, -0.1) is 10.2 Å². The summed E-state index contributed by atoms with van der Waals surface area (Å²) in [6.45, 7) is 6.26. The first kappa shape index (κ1) is 16.0. The van der Waals surface area contributed by atoms with Gasteiger partial charge in [0.1, 0.15) is 17.4 Å². The van der Waals surface area contributed by atoms with Crippen molar-refractivity contribution in [2.45, 2.75) is 45.5 Å². The number of β-amino-alcohol motifs (C(OH)–C–C–N with tert-alkyl or cyclic N) is 1. The van der Waals surface area contributed by atoms with Gasteiger partial charge in [-0.05, 0) is 38.0 Å². The summed E-state index contributed by atoms with van der Waals surface area (Å²) in [4.78, 5) is 2.27. The molecule has 1 fully saturated rings. The average molecular weight is 316 g/mol. The fraction of sp³-hybridized carbons (Fsp3) is 0.529. The van der Waals surface area contributed by atoms with Gasteiger partial charge in [0.05, 0.1) is 19.8 Å². The van der Waals surface area contributed by atoms with Crippen LogP contribution in [0.2, 0.25) is 0 Å². The highest BCUT2D eigenvalue weighted by atomic mass is 16.5. The molecule has 0 spiro atoms. The molecule has 1 aliphatic heterocycles. The lowest BCUT2D eigenvalue weighted by molar-refractivity contribution is 0.170. The van der Waals surface area contributed by atoms with E-state index in [1.54, 1.807) is 7.11 Å². The van der Waals surface area contributed by atoms with E-state index in [9.17, 15) is 5.11 Å². The molecular weight excluding hydrogens is 292 g/mol. The van der Waals surface area contributed by atoms with Crippen LogP contribution in [0, 0.1) is 6.92 Å². The molecule has 6 heteroatoms. The molecule has 6 nitrogen and oxygen atoms in total. The highest BCUT2D eigenvalue weighted by Crippen LogP contribution is 2.34. The molecule has 1 aromatic carbocycles. The maximum Gasteiger partial charge on any atom is 0.147 e. The first-order valence-corrected chi connectivity index (χ1v) is 8.07. The zero-order chi connectivity index (χ0) is 16.4. The lowest BCUT2D eigenvalue weighted by atomic mass is 10.0. The van der Waals surface area contributed by atoms with Crippen molar-refractivity contribution in [3.05, 3.63) is 41.5 Å². The van der Waals surface area contributed by atoms with Crippen LogP contribution in [0.15, 0.2) is 24.3 Å². The van der Waals surface area contributed by atoms with E-state index in [0.29, 0.717) is 13.1 Å². The number of hydrogen-bond donors (Lipinski definition) is 1. The predicted octanol–water partition coefficient (Wildman–Crippen LogP) is 1.92. The first-order valence-electron chi connectivity index (χ1n) is 8.07. The topological polar surface area (TPSA) is 63.4 Å². The minimum Gasteiger partial charge on any atom is -0.497 e. The molecule has 3 rings (SSSR count). The molecule has 1 aliphatic rings. The summed E-state index contributed by atoms with van der Waals surface area (Å²) < 4.78 is 7.45. The summed E-state index contributed by atoms with van der Waals surface area (Å²) in [6, 6.07) is 8.24. The number of likely N-dealkylation sites (tertiary alicyclic amines) is 1. The molecule has 23 heavy (non-hydrogen) atoms. The van der Waals surface area contributed by atoms with Gasteiger partial charge < -0.3 is 14.4 Å². The molecule has 1 aromatic heterocycles. The van der Waals surface area contributed by atoms with E-state index >= 15 is 0 Å². The number of benzene rings is 1. The van der Waals surface area contributed by atoms with Crippen LogP contribution in [0.4, 0.5) is 0 Å². The summed E-state index contributed by atoms with van der Waals surface area (Å²) in [7, 11) is 1.67. The van der Waals surface area contributed by atoms with Crippen molar-refractivity contribution in [2.24, 2.45) is 0 Å². The molecule has 0 radical (unpaired) electrons. The summed E-state index contributed by atoms with van der Waals surface area (Å²) in [5, 5.41) is 18.6. The number of nitrogens with zero attached hydrogens (tertiary/aromatic N) is 4. The second-order valence-corrected chi connectivity index (χ2v) is 6.02. The molecule has 2 unspecified atom stereocenters. The number of methoxy groups -OCH3 is 1. The lowest BCUT2D eigenvalue weighted by Crippen LogP contribution is -2.26. The molecule has 2 atom stereocenters. The van der Waals surface area contributed by atoms with Crippen molar-refractivity contribution in [1.82, 2.24) is 19.7 Å². The SMILES string of the molecule is CCn1c(C)nnc1CN1CC(O)CC1c1cccc(OC)c1. The van der Waals surface area contributed by atoms with Crippen LogP contribution in [0.3, 0.4) is 0 Å². The van der Waals surface area contributed by atoms with Crippen LogP contribution in [0.1, 0.15) is 36.6 Å². The molecule has 124 valence electrons. The third kappa shape index (κ3) is 3.23. The Balaban J connectivity index is 1.84. The van der Waals surface area contributed by atoms with E-state index in [4.69, 9.17) is 4.74 Å².